The Bertz CT molecular complexity index is 1170. The van der Waals surface area contributed by atoms with E-state index in [-0.39, 0.29) is 24.6 Å². The number of hydrogen-bond acceptors (Lipinski definition) is 5. The largest absolute Gasteiger partial charge is 0.493 e. The summed E-state index contributed by atoms with van der Waals surface area (Å²) in [6.07, 6.45) is 0.630. The average molecular weight is 469 g/mol. The van der Waals surface area contributed by atoms with Gasteiger partial charge in [-0.25, -0.2) is 8.42 Å². The molecule has 0 saturated carbocycles. The van der Waals surface area contributed by atoms with E-state index >= 15 is 0 Å². The normalized spacial score (nSPS) is 11.0. The first-order chi connectivity index (χ1) is 16.0. The number of aryl methyl sites for hydroxylation is 1. The Balaban J connectivity index is 1.73. The van der Waals surface area contributed by atoms with Crippen LogP contribution in [0.25, 0.3) is 0 Å². The van der Waals surface area contributed by atoms with Crippen LogP contribution < -0.4 is 19.1 Å². The summed E-state index contributed by atoms with van der Waals surface area (Å²) >= 11 is 0. The molecule has 3 aromatic carbocycles. The van der Waals surface area contributed by atoms with Crippen molar-refractivity contribution in [2.24, 2.45) is 0 Å². The fraction of sp³-hybridized carbons (Fsp3) is 0.240. The van der Waals surface area contributed by atoms with Crippen LogP contribution in [0.3, 0.4) is 0 Å². The van der Waals surface area contributed by atoms with Crippen LogP contribution in [0, 0.1) is 0 Å². The molecule has 1 amide bonds. The van der Waals surface area contributed by atoms with Gasteiger partial charge >= 0.3 is 0 Å². The molecule has 1 N–H and O–H groups in total. The van der Waals surface area contributed by atoms with E-state index in [1.807, 2.05) is 31.2 Å². The SMILES string of the molecule is CCc1ccccc1N(CC(=O)NCCOc1ccccc1OC)S(=O)(=O)c1ccccc1. The minimum atomic E-state index is -3.94. The van der Waals surface area contributed by atoms with Crippen molar-refractivity contribution in [3.63, 3.8) is 0 Å². The van der Waals surface area contributed by atoms with Gasteiger partial charge in [-0.05, 0) is 42.3 Å². The molecule has 0 aliphatic heterocycles. The fourth-order valence-electron chi connectivity index (χ4n) is 3.35. The van der Waals surface area contributed by atoms with Crippen molar-refractivity contribution >= 4 is 21.6 Å². The number of methoxy groups -OCH3 is 1. The minimum Gasteiger partial charge on any atom is -0.493 e. The molecule has 0 aromatic heterocycles. The summed E-state index contributed by atoms with van der Waals surface area (Å²) in [5.41, 5.74) is 1.33. The minimum absolute atomic E-state index is 0.128. The lowest BCUT2D eigenvalue weighted by Gasteiger charge is -2.26. The van der Waals surface area contributed by atoms with Crippen molar-refractivity contribution < 1.29 is 22.7 Å². The highest BCUT2D eigenvalue weighted by molar-refractivity contribution is 7.92. The van der Waals surface area contributed by atoms with Crippen molar-refractivity contribution in [1.82, 2.24) is 5.32 Å². The maximum atomic E-state index is 13.4. The predicted molar refractivity (Wildman–Crippen MR) is 128 cm³/mol. The highest BCUT2D eigenvalue weighted by Gasteiger charge is 2.28. The third kappa shape index (κ3) is 6.04. The lowest BCUT2D eigenvalue weighted by atomic mass is 10.1. The highest BCUT2D eigenvalue weighted by atomic mass is 32.2. The Morgan fingerprint density at radius 1 is 0.909 bits per heavy atom. The van der Waals surface area contributed by atoms with Gasteiger partial charge in [0.15, 0.2) is 11.5 Å². The van der Waals surface area contributed by atoms with Crippen LogP contribution in [-0.4, -0.2) is 41.1 Å². The Kier molecular flexibility index (Phi) is 8.32. The number of amides is 1. The van der Waals surface area contributed by atoms with E-state index in [0.717, 1.165) is 9.87 Å². The number of carbonyl (C=O) groups excluding carboxylic acids is 1. The summed E-state index contributed by atoms with van der Waals surface area (Å²) in [4.78, 5) is 12.9. The van der Waals surface area contributed by atoms with Crippen LogP contribution in [0.5, 0.6) is 11.5 Å². The molecule has 0 atom stereocenters. The van der Waals surface area contributed by atoms with Gasteiger partial charge in [-0.15, -0.1) is 0 Å². The van der Waals surface area contributed by atoms with Gasteiger partial charge in [0.2, 0.25) is 5.91 Å². The quantitative estimate of drug-likeness (QED) is 0.434. The number of ether oxygens (including phenoxy) is 2. The summed E-state index contributed by atoms with van der Waals surface area (Å²) < 4.78 is 38.9. The number of para-hydroxylation sites is 3. The number of anilines is 1. The maximum absolute atomic E-state index is 13.4. The highest BCUT2D eigenvalue weighted by Crippen LogP contribution is 2.27. The molecular formula is C25H28N2O5S. The van der Waals surface area contributed by atoms with Crippen molar-refractivity contribution in [2.45, 2.75) is 18.2 Å². The van der Waals surface area contributed by atoms with Gasteiger partial charge in [0, 0.05) is 0 Å². The van der Waals surface area contributed by atoms with Gasteiger partial charge in [-0.3, -0.25) is 9.10 Å². The van der Waals surface area contributed by atoms with Crippen LogP contribution in [0.2, 0.25) is 0 Å². The summed E-state index contributed by atoms with van der Waals surface area (Å²) in [7, 11) is -2.38. The molecule has 3 rings (SSSR count). The van der Waals surface area contributed by atoms with Crippen LogP contribution in [0.1, 0.15) is 12.5 Å². The van der Waals surface area contributed by atoms with Crippen LogP contribution in [0.4, 0.5) is 5.69 Å². The van der Waals surface area contributed by atoms with E-state index in [2.05, 4.69) is 5.32 Å². The zero-order valence-corrected chi connectivity index (χ0v) is 19.5. The Morgan fingerprint density at radius 2 is 1.55 bits per heavy atom. The molecule has 0 unspecified atom stereocenters. The number of rotatable bonds is 11. The van der Waals surface area contributed by atoms with Crippen molar-refractivity contribution in [3.8, 4) is 11.5 Å². The van der Waals surface area contributed by atoms with Gasteiger partial charge in [0.05, 0.1) is 24.2 Å². The molecule has 0 fully saturated rings. The van der Waals surface area contributed by atoms with Gasteiger partial charge in [-0.1, -0.05) is 55.5 Å². The van der Waals surface area contributed by atoms with Crippen LogP contribution in [-0.2, 0) is 21.2 Å². The average Bonchev–Trinajstić information content (AvgIpc) is 2.85. The monoisotopic (exact) mass is 468 g/mol. The molecule has 3 aromatic rings. The van der Waals surface area contributed by atoms with Crippen molar-refractivity contribution in [3.05, 3.63) is 84.4 Å². The summed E-state index contributed by atoms with van der Waals surface area (Å²) in [6.45, 7) is 2.03. The second kappa shape index (κ2) is 11.4. The van der Waals surface area contributed by atoms with Crippen molar-refractivity contribution in [1.29, 1.82) is 0 Å². The molecule has 8 heteroatoms. The van der Waals surface area contributed by atoms with E-state index in [1.54, 1.807) is 49.6 Å². The molecule has 0 heterocycles. The predicted octanol–water partition coefficient (Wildman–Crippen LogP) is 3.65. The zero-order valence-electron chi connectivity index (χ0n) is 18.7. The lowest BCUT2D eigenvalue weighted by molar-refractivity contribution is -0.119. The molecule has 0 bridgehead atoms. The zero-order chi connectivity index (χ0) is 23.7. The molecular weight excluding hydrogens is 440 g/mol. The summed E-state index contributed by atoms with van der Waals surface area (Å²) in [5.74, 6) is 0.739. The molecule has 0 radical (unpaired) electrons. The van der Waals surface area contributed by atoms with Gasteiger partial charge in [0.1, 0.15) is 13.2 Å². The van der Waals surface area contributed by atoms with E-state index in [0.29, 0.717) is 23.6 Å². The third-order valence-corrected chi connectivity index (χ3v) is 6.78. The van der Waals surface area contributed by atoms with Crippen LogP contribution >= 0.6 is 0 Å². The molecule has 174 valence electrons. The first-order valence-corrected chi connectivity index (χ1v) is 12.1. The standard InChI is InChI=1S/C25H28N2O5S/c1-3-20-11-7-8-14-22(20)27(33(29,30)21-12-5-4-6-13-21)19-25(28)26-17-18-32-24-16-10-9-15-23(24)31-2/h4-16H,3,17-19H2,1-2H3,(H,26,28). The van der Waals surface area contributed by atoms with E-state index in [9.17, 15) is 13.2 Å². The second-order valence-corrected chi connectivity index (χ2v) is 9.02. The number of nitrogens with one attached hydrogen (secondary N) is 1. The van der Waals surface area contributed by atoms with Gasteiger partial charge in [-0.2, -0.15) is 0 Å². The maximum Gasteiger partial charge on any atom is 0.264 e. The van der Waals surface area contributed by atoms with Crippen LogP contribution in [0.15, 0.2) is 83.8 Å². The van der Waals surface area contributed by atoms with Crippen molar-refractivity contribution in [2.75, 3.05) is 31.1 Å². The molecule has 0 spiro atoms. The Labute approximate surface area is 195 Å². The number of hydrogen-bond donors (Lipinski definition) is 1. The first-order valence-electron chi connectivity index (χ1n) is 10.7. The fourth-order valence-corrected chi connectivity index (χ4v) is 4.83. The number of carbonyl (C=O) groups is 1. The molecule has 33 heavy (non-hydrogen) atoms. The lowest BCUT2D eigenvalue weighted by Crippen LogP contribution is -2.42. The first kappa shape index (κ1) is 24.1. The van der Waals surface area contributed by atoms with E-state index in [4.69, 9.17) is 9.47 Å². The Morgan fingerprint density at radius 3 is 2.24 bits per heavy atom. The second-order valence-electron chi connectivity index (χ2n) is 7.16. The molecule has 0 aliphatic carbocycles. The number of nitrogens with zero attached hydrogens (tertiary/aromatic N) is 1. The molecule has 0 aliphatic rings. The number of benzene rings is 3. The molecule has 0 saturated heterocycles. The summed E-state index contributed by atoms with van der Waals surface area (Å²) in [5, 5.41) is 2.74. The summed E-state index contributed by atoms with van der Waals surface area (Å²) in [6, 6.07) is 22.5. The molecule has 7 nitrogen and oxygen atoms in total. The smallest absolute Gasteiger partial charge is 0.264 e. The number of sulfonamides is 1. The van der Waals surface area contributed by atoms with Gasteiger partial charge in [0.25, 0.3) is 10.0 Å². The third-order valence-electron chi connectivity index (χ3n) is 5.01. The Hall–Kier alpha value is -3.52. The topological polar surface area (TPSA) is 84.9 Å². The van der Waals surface area contributed by atoms with E-state index in [1.165, 1.54) is 12.1 Å². The van der Waals surface area contributed by atoms with Gasteiger partial charge < -0.3 is 14.8 Å². The van der Waals surface area contributed by atoms with E-state index < -0.39 is 15.9 Å².